The molecule has 37 heavy (non-hydrogen) atoms. The average Bonchev–Trinajstić information content (AvgIpc) is 3.16. The topological polar surface area (TPSA) is 69.0 Å². The van der Waals surface area contributed by atoms with Gasteiger partial charge in [-0.2, -0.15) is 0 Å². The zero-order valence-electron chi connectivity index (χ0n) is 21.4. The smallest absolute Gasteiger partial charge is 0.295 e. The number of carbonyl (C=O) groups is 1. The van der Waals surface area contributed by atoms with Crippen LogP contribution in [0, 0.1) is 19.8 Å². The standard InChI is InChI=1S/C30H28BrNO5/c1-16(2)15-36-23-11-6-19(14-25(23)35-5)27-26-28(33)22-12-17(3)18(4)13-24(22)37-29(26)30(34)32(27)21-9-7-20(31)8-10-21/h6-14,16,27H,15H2,1-5H3. The monoisotopic (exact) mass is 561 g/mol. The van der Waals surface area contributed by atoms with Crippen LogP contribution in [0.25, 0.3) is 11.0 Å². The van der Waals surface area contributed by atoms with E-state index >= 15 is 0 Å². The highest BCUT2D eigenvalue weighted by Crippen LogP contribution is 2.43. The fraction of sp³-hybridized carbons (Fsp3) is 0.267. The number of carbonyl (C=O) groups excluding carboxylic acids is 1. The molecule has 6 nitrogen and oxygen atoms in total. The van der Waals surface area contributed by atoms with Crippen LogP contribution in [0.3, 0.4) is 0 Å². The number of hydrogen-bond acceptors (Lipinski definition) is 5. The molecule has 190 valence electrons. The highest BCUT2D eigenvalue weighted by atomic mass is 79.9. The van der Waals surface area contributed by atoms with E-state index in [-0.39, 0.29) is 17.1 Å². The number of anilines is 1. The van der Waals surface area contributed by atoms with Crippen LogP contribution in [0.4, 0.5) is 5.69 Å². The minimum Gasteiger partial charge on any atom is -0.493 e. The van der Waals surface area contributed by atoms with Gasteiger partial charge in [0.25, 0.3) is 5.91 Å². The highest BCUT2D eigenvalue weighted by Gasteiger charge is 2.44. The maximum absolute atomic E-state index is 13.9. The number of hydrogen-bond donors (Lipinski definition) is 0. The van der Waals surface area contributed by atoms with Gasteiger partial charge in [0, 0.05) is 10.2 Å². The zero-order valence-corrected chi connectivity index (χ0v) is 23.0. The van der Waals surface area contributed by atoms with Gasteiger partial charge in [0.15, 0.2) is 16.9 Å². The van der Waals surface area contributed by atoms with E-state index in [4.69, 9.17) is 13.9 Å². The van der Waals surface area contributed by atoms with E-state index in [0.29, 0.717) is 46.2 Å². The fourth-order valence-electron chi connectivity index (χ4n) is 4.64. The molecule has 2 heterocycles. The Bertz CT molecular complexity index is 1570. The highest BCUT2D eigenvalue weighted by molar-refractivity contribution is 9.10. The third kappa shape index (κ3) is 4.42. The molecule has 0 saturated heterocycles. The van der Waals surface area contributed by atoms with Crippen LogP contribution in [0.2, 0.25) is 0 Å². The van der Waals surface area contributed by atoms with E-state index in [1.807, 2.05) is 68.4 Å². The Hall–Kier alpha value is -3.58. The van der Waals surface area contributed by atoms with Crippen LogP contribution in [0.1, 0.15) is 52.7 Å². The van der Waals surface area contributed by atoms with Gasteiger partial charge < -0.3 is 13.9 Å². The molecule has 0 radical (unpaired) electrons. The minimum absolute atomic E-state index is 0.0628. The SMILES string of the molecule is COc1cc(C2c3c(oc4cc(C)c(C)cc4c3=O)C(=O)N2c2ccc(Br)cc2)ccc1OCC(C)C. The lowest BCUT2D eigenvalue weighted by Crippen LogP contribution is -2.29. The molecule has 0 fully saturated rings. The predicted octanol–water partition coefficient (Wildman–Crippen LogP) is 6.97. The van der Waals surface area contributed by atoms with E-state index in [1.54, 1.807) is 12.0 Å². The summed E-state index contributed by atoms with van der Waals surface area (Å²) < 4.78 is 18.6. The predicted molar refractivity (Wildman–Crippen MR) is 148 cm³/mol. The van der Waals surface area contributed by atoms with Crippen molar-refractivity contribution in [1.29, 1.82) is 0 Å². The second kappa shape index (κ2) is 9.71. The van der Waals surface area contributed by atoms with Crippen molar-refractivity contribution in [3.05, 3.63) is 97.3 Å². The van der Waals surface area contributed by atoms with E-state index in [2.05, 4.69) is 29.8 Å². The molecule has 1 aromatic heterocycles. The Kier molecular flexibility index (Phi) is 6.58. The molecule has 0 spiro atoms. The largest absolute Gasteiger partial charge is 0.493 e. The summed E-state index contributed by atoms with van der Waals surface area (Å²) in [6, 6.07) is 15.9. The Morgan fingerprint density at radius 1 is 0.973 bits per heavy atom. The molecule has 0 saturated carbocycles. The van der Waals surface area contributed by atoms with Crippen molar-refractivity contribution < 1.29 is 18.7 Å². The van der Waals surface area contributed by atoms with Crippen molar-refractivity contribution in [2.75, 3.05) is 18.6 Å². The summed E-state index contributed by atoms with van der Waals surface area (Å²) in [6.07, 6.45) is 0. The first-order valence-electron chi connectivity index (χ1n) is 12.2. The van der Waals surface area contributed by atoms with Gasteiger partial charge in [0.05, 0.1) is 30.7 Å². The average molecular weight is 562 g/mol. The van der Waals surface area contributed by atoms with Crippen molar-refractivity contribution >= 4 is 38.5 Å². The number of fused-ring (bicyclic) bond motifs is 2. The van der Waals surface area contributed by atoms with Gasteiger partial charge in [-0.3, -0.25) is 14.5 Å². The minimum atomic E-state index is -0.695. The summed E-state index contributed by atoms with van der Waals surface area (Å²) in [5.41, 5.74) is 3.87. The first-order chi connectivity index (χ1) is 17.7. The van der Waals surface area contributed by atoms with Crippen molar-refractivity contribution in [2.45, 2.75) is 33.7 Å². The van der Waals surface area contributed by atoms with Gasteiger partial charge in [-0.25, -0.2) is 0 Å². The number of methoxy groups -OCH3 is 1. The first-order valence-corrected chi connectivity index (χ1v) is 13.0. The van der Waals surface area contributed by atoms with Gasteiger partial charge in [0.1, 0.15) is 5.58 Å². The summed E-state index contributed by atoms with van der Waals surface area (Å²) in [7, 11) is 1.58. The number of aryl methyl sites for hydroxylation is 2. The van der Waals surface area contributed by atoms with Crippen molar-refractivity contribution in [1.82, 2.24) is 0 Å². The third-order valence-corrected chi connectivity index (χ3v) is 7.20. The molecule has 3 aromatic carbocycles. The molecule has 4 aromatic rings. The molecule has 5 rings (SSSR count). The summed E-state index contributed by atoms with van der Waals surface area (Å²) >= 11 is 3.46. The molecular weight excluding hydrogens is 534 g/mol. The lowest BCUT2D eigenvalue weighted by molar-refractivity contribution is 0.0971. The molecule has 1 aliphatic heterocycles. The van der Waals surface area contributed by atoms with Gasteiger partial charge in [-0.15, -0.1) is 0 Å². The number of benzene rings is 3. The second-order valence-electron chi connectivity index (χ2n) is 9.78. The van der Waals surface area contributed by atoms with Crippen molar-refractivity contribution in [3.63, 3.8) is 0 Å². The maximum Gasteiger partial charge on any atom is 0.295 e. The Balaban J connectivity index is 1.74. The summed E-state index contributed by atoms with van der Waals surface area (Å²) in [4.78, 5) is 29.4. The Morgan fingerprint density at radius 3 is 2.35 bits per heavy atom. The van der Waals surface area contributed by atoms with Crippen molar-refractivity contribution in [3.8, 4) is 11.5 Å². The van der Waals surface area contributed by atoms with E-state index in [1.165, 1.54) is 0 Å². The van der Waals surface area contributed by atoms with Gasteiger partial charge >= 0.3 is 0 Å². The summed E-state index contributed by atoms with van der Waals surface area (Å²) in [5.74, 6) is 1.19. The third-order valence-electron chi connectivity index (χ3n) is 6.67. The van der Waals surface area contributed by atoms with Crippen molar-refractivity contribution in [2.24, 2.45) is 5.92 Å². The summed E-state index contributed by atoms with van der Waals surface area (Å²) in [6.45, 7) is 8.60. The van der Waals surface area contributed by atoms with Gasteiger partial charge in [0.2, 0.25) is 5.76 Å². The molecular formula is C30H28BrNO5. The molecule has 1 aliphatic rings. The number of halogens is 1. The molecule has 1 amide bonds. The lowest BCUT2D eigenvalue weighted by Gasteiger charge is -2.26. The Labute approximate surface area is 223 Å². The molecule has 0 aliphatic carbocycles. The number of nitrogens with zero attached hydrogens (tertiary/aromatic N) is 1. The van der Waals surface area contributed by atoms with Crippen LogP contribution in [-0.2, 0) is 0 Å². The zero-order chi connectivity index (χ0) is 26.4. The van der Waals surface area contributed by atoms with E-state index < -0.39 is 6.04 Å². The molecule has 1 unspecified atom stereocenters. The number of rotatable bonds is 6. The first kappa shape index (κ1) is 25.1. The molecule has 0 bridgehead atoms. The molecule has 0 N–H and O–H groups in total. The fourth-order valence-corrected chi connectivity index (χ4v) is 4.91. The van der Waals surface area contributed by atoms with Crippen LogP contribution < -0.4 is 19.8 Å². The van der Waals surface area contributed by atoms with Gasteiger partial charge in [-0.1, -0.05) is 35.8 Å². The molecule has 1 atom stereocenters. The van der Waals surface area contributed by atoms with Crippen LogP contribution in [-0.4, -0.2) is 19.6 Å². The van der Waals surface area contributed by atoms with Crippen LogP contribution in [0.15, 0.2) is 68.3 Å². The Morgan fingerprint density at radius 2 is 1.68 bits per heavy atom. The van der Waals surface area contributed by atoms with E-state index in [9.17, 15) is 9.59 Å². The maximum atomic E-state index is 13.9. The van der Waals surface area contributed by atoms with Crippen LogP contribution >= 0.6 is 15.9 Å². The molecule has 7 heteroatoms. The quantitative estimate of drug-likeness (QED) is 0.254. The lowest BCUT2D eigenvalue weighted by atomic mass is 9.97. The van der Waals surface area contributed by atoms with Gasteiger partial charge in [-0.05, 0) is 85.0 Å². The normalized spacial score (nSPS) is 14.9. The summed E-state index contributed by atoms with van der Waals surface area (Å²) in [5, 5.41) is 0.459. The second-order valence-corrected chi connectivity index (χ2v) is 10.7. The number of ether oxygens (including phenoxy) is 2. The van der Waals surface area contributed by atoms with Crippen LogP contribution in [0.5, 0.6) is 11.5 Å². The number of amides is 1. The van der Waals surface area contributed by atoms with E-state index in [0.717, 1.165) is 21.2 Å².